The molecule has 0 aromatic carbocycles. The molecule has 76 valence electrons. The predicted molar refractivity (Wildman–Crippen MR) is 55.9 cm³/mol. The van der Waals surface area contributed by atoms with Crippen LogP contribution in [-0.4, -0.2) is 22.0 Å². The van der Waals surface area contributed by atoms with Gasteiger partial charge in [0.2, 0.25) is 11.8 Å². The van der Waals surface area contributed by atoms with E-state index >= 15 is 0 Å². The van der Waals surface area contributed by atoms with Crippen molar-refractivity contribution in [1.82, 2.24) is 15.0 Å². The second-order valence-corrected chi connectivity index (χ2v) is 2.76. The standard InChI is InChI=1S/C10H10N4O/c1-11-10-13-6-4-9(14-10)15-8-3-2-5-12-7-8/h2-7H,1H3,(H,11,13,14). The number of anilines is 1. The number of nitrogens with zero attached hydrogens (tertiary/aromatic N) is 3. The van der Waals surface area contributed by atoms with E-state index in [4.69, 9.17) is 4.74 Å². The predicted octanol–water partition coefficient (Wildman–Crippen LogP) is 1.71. The quantitative estimate of drug-likeness (QED) is 0.820. The minimum absolute atomic E-state index is 0.488. The van der Waals surface area contributed by atoms with Crippen molar-refractivity contribution in [3.05, 3.63) is 36.8 Å². The third-order valence-electron chi connectivity index (χ3n) is 1.71. The van der Waals surface area contributed by atoms with Crippen LogP contribution in [0.3, 0.4) is 0 Å². The van der Waals surface area contributed by atoms with Gasteiger partial charge in [0.1, 0.15) is 5.75 Å². The molecule has 0 aliphatic rings. The number of aromatic nitrogens is 3. The van der Waals surface area contributed by atoms with Crippen LogP contribution in [0, 0.1) is 0 Å². The molecule has 0 unspecified atom stereocenters. The lowest BCUT2D eigenvalue weighted by Crippen LogP contribution is -1.97. The van der Waals surface area contributed by atoms with Crippen LogP contribution in [0.2, 0.25) is 0 Å². The summed E-state index contributed by atoms with van der Waals surface area (Å²) < 4.78 is 5.47. The maximum absolute atomic E-state index is 5.47. The van der Waals surface area contributed by atoms with Crippen molar-refractivity contribution in [2.24, 2.45) is 0 Å². The Kier molecular flexibility index (Phi) is 2.73. The van der Waals surface area contributed by atoms with Crippen LogP contribution in [0.5, 0.6) is 11.6 Å². The highest BCUT2D eigenvalue weighted by atomic mass is 16.5. The van der Waals surface area contributed by atoms with E-state index in [-0.39, 0.29) is 0 Å². The zero-order chi connectivity index (χ0) is 10.5. The summed E-state index contributed by atoms with van der Waals surface area (Å²) in [6.07, 6.45) is 4.94. The van der Waals surface area contributed by atoms with Crippen molar-refractivity contribution < 1.29 is 4.74 Å². The van der Waals surface area contributed by atoms with Crippen LogP contribution in [0.25, 0.3) is 0 Å². The minimum Gasteiger partial charge on any atom is -0.437 e. The molecule has 0 fully saturated rings. The van der Waals surface area contributed by atoms with Gasteiger partial charge in [0.05, 0.1) is 6.20 Å². The highest BCUT2D eigenvalue weighted by Gasteiger charge is 1.99. The molecule has 0 saturated carbocycles. The molecule has 0 saturated heterocycles. The van der Waals surface area contributed by atoms with Gasteiger partial charge in [-0.2, -0.15) is 4.98 Å². The first-order valence-electron chi connectivity index (χ1n) is 4.47. The Hall–Kier alpha value is -2.17. The lowest BCUT2D eigenvalue weighted by molar-refractivity contribution is 0.460. The first-order valence-corrected chi connectivity index (χ1v) is 4.47. The molecule has 2 aromatic rings. The molecule has 0 atom stereocenters. The fourth-order valence-electron chi connectivity index (χ4n) is 1.05. The van der Waals surface area contributed by atoms with E-state index in [9.17, 15) is 0 Å². The summed E-state index contributed by atoms with van der Waals surface area (Å²) in [4.78, 5) is 12.0. The highest BCUT2D eigenvalue weighted by Crippen LogP contribution is 2.17. The third kappa shape index (κ3) is 2.40. The molecule has 0 aliphatic heterocycles. The average Bonchev–Trinajstić information content (AvgIpc) is 2.31. The monoisotopic (exact) mass is 202 g/mol. The van der Waals surface area contributed by atoms with Crippen molar-refractivity contribution in [3.63, 3.8) is 0 Å². The van der Waals surface area contributed by atoms with E-state index in [0.29, 0.717) is 17.6 Å². The van der Waals surface area contributed by atoms with Gasteiger partial charge in [0, 0.05) is 25.5 Å². The summed E-state index contributed by atoms with van der Waals surface area (Å²) in [5, 5.41) is 2.84. The van der Waals surface area contributed by atoms with Gasteiger partial charge in [0.25, 0.3) is 0 Å². The first kappa shape index (κ1) is 9.39. The van der Waals surface area contributed by atoms with E-state index in [2.05, 4.69) is 20.3 Å². The molecule has 1 N–H and O–H groups in total. The van der Waals surface area contributed by atoms with E-state index in [1.807, 2.05) is 6.07 Å². The Morgan fingerprint density at radius 3 is 2.93 bits per heavy atom. The molecule has 0 radical (unpaired) electrons. The lowest BCUT2D eigenvalue weighted by Gasteiger charge is -2.04. The highest BCUT2D eigenvalue weighted by molar-refractivity contribution is 5.29. The van der Waals surface area contributed by atoms with Crippen LogP contribution < -0.4 is 10.1 Å². The number of rotatable bonds is 3. The van der Waals surface area contributed by atoms with Crippen LogP contribution in [-0.2, 0) is 0 Å². The van der Waals surface area contributed by atoms with Gasteiger partial charge in [-0.05, 0) is 12.1 Å². The van der Waals surface area contributed by atoms with Crippen LogP contribution in [0.15, 0.2) is 36.8 Å². The van der Waals surface area contributed by atoms with Gasteiger partial charge >= 0.3 is 0 Å². The molecule has 2 rings (SSSR count). The Labute approximate surface area is 87.2 Å². The van der Waals surface area contributed by atoms with Gasteiger partial charge < -0.3 is 10.1 Å². The Bertz CT molecular complexity index is 432. The largest absolute Gasteiger partial charge is 0.437 e. The fourth-order valence-corrected chi connectivity index (χ4v) is 1.05. The first-order chi connectivity index (χ1) is 7.38. The van der Waals surface area contributed by atoms with Crippen LogP contribution in [0.1, 0.15) is 0 Å². The van der Waals surface area contributed by atoms with Crippen molar-refractivity contribution >= 4 is 5.95 Å². The van der Waals surface area contributed by atoms with Gasteiger partial charge in [-0.25, -0.2) is 4.98 Å². The lowest BCUT2D eigenvalue weighted by atomic mass is 10.5. The van der Waals surface area contributed by atoms with Crippen molar-refractivity contribution in [3.8, 4) is 11.6 Å². The summed E-state index contributed by atoms with van der Waals surface area (Å²) in [6, 6.07) is 5.30. The second kappa shape index (κ2) is 4.36. The Morgan fingerprint density at radius 2 is 2.20 bits per heavy atom. The van der Waals surface area contributed by atoms with Crippen molar-refractivity contribution in [2.75, 3.05) is 12.4 Å². The maximum atomic E-state index is 5.47. The number of ether oxygens (including phenoxy) is 1. The van der Waals surface area contributed by atoms with E-state index in [1.165, 1.54) is 0 Å². The van der Waals surface area contributed by atoms with E-state index in [1.54, 1.807) is 37.8 Å². The normalized spacial score (nSPS) is 9.67. The summed E-state index contributed by atoms with van der Waals surface area (Å²) in [6.45, 7) is 0. The summed E-state index contributed by atoms with van der Waals surface area (Å²) in [5.41, 5.74) is 0. The maximum Gasteiger partial charge on any atom is 0.225 e. The van der Waals surface area contributed by atoms with Gasteiger partial charge in [0.15, 0.2) is 0 Å². The molecule has 15 heavy (non-hydrogen) atoms. The minimum atomic E-state index is 0.488. The topological polar surface area (TPSA) is 59.9 Å². The zero-order valence-electron chi connectivity index (χ0n) is 8.21. The van der Waals surface area contributed by atoms with E-state index < -0.39 is 0 Å². The molecular weight excluding hydrogens is 192 g/mol. The SMILES string of the molecule is CNc1nccc(Oc2cccnc2)n1. The second-order valence-electron chi connectivity index (χ2n) is 2.76. The summed E-state index contributed by atoms with van der Waals surface area (Å²) in [7, 11) is 1.75. The molecule has 0 amide bonds. The average molecular weight is 202 g/mol. The van der Waals surface area contributed by atoms with Gasteiger partial charge in [-0.15, -0.1) is 0 Å². The zero-order valence-corrected chi connectivity index (χ0v) is 8.21. The number of hydrogen-bond acceptors (Lipinski definition) is 5. The summed E-state index contributed by atoms with van der Waals surface area (Å²) in [5.74, 6) is 1.66. The summed E-state index contributed by atoms with van der Waals surface area (Å²) >= 11 is 0. The Morgan fingerprint density at radius 1 is 1.27 bits per heavy atom. The molecular formula is C10H10N4O. The smallest absolute Gasteiger partial charge is 0.225 e. The molecule has 5 nitrogen and oxygen atoms in total. The molecule has 2 heterocycles. The number of hydrogen-bond donors (Lipinski definition) is 1. The van der Waals surface area contributed by atoms with Crippen LogP contribution >= 0.6 is 0 Å². The van der Waals surface area contributed by atoms with Gasteiger partial charge in [-0.1, -0.05) is 0 Å². The van der Waals surface area contributed by atoms with E-state index in [0.717, 1.165) is 0 Å². The van der Waals surface area contributed by atoms with Crippen molar-refractivity contribution in [1.29, 1.82) is 0 Å². The molecule has 2 aromatic heterocycles. The van der Waals surface area contributed by atoms with Crippen molar-refractivity contribution in [2.45, 2.75) is 0 Å². The van der Waals surface area contributed by atoms with Gasteiger partial charge in [-0.3, -0.25) is 4.98 Å². The number of pyridine rings is 1. The Balaban J connectivity index is 2.17. The molecule has 0 spiro atoms. The molecule has 5 heteroatoms. The third-order valence-corrected chi connectivity index (χ3v) is 1.71. The molecule has 0 aliphatic carbocycles. The number of nitrogens with one attached hydrogen (secondary N) is 1. The van der Waals surface area contributed by atoms with Crippen LogP contribution in [0.4, 0.5) is 5.95 Å². The fraction of sp³-hybridized carbons (Fsp3) is 0.100. The molecule has 0 bridgehead atoms.